The van der Waals surface area contributed by atoms with Crippen LogP contribution in [0.4, 0.5) is 0 Å². The highest BCUT2D eigenvalue weighted by Gasteiger charge is 2.13. The number of hydrogen-bond acceptors (Lipinski definition) is 4. The maximum atomic E-state index is 11.3. The first-order valence-electron chi connectivity index (χ1n) is 5.73. The molecule has 0 aliphatic carbocycles. The third kappa shape index (κ3) is 5.68. The number of aliphatic hydroxyl groups excluding tert-OH is 1. The highest BCUT2D eigenvalue weighted by molar-refractivity contribution is 6.39. The minimum atomic E-state index is -0.967. The highest BCUT2D eigenvalue weighted by Crippen LogP contribution is 2.12. The molecular formula is C15H18O4. The summed E-state index contributed by atoms with van der Waals surface area (Å²) >= 11 is 0. The van der Waals surface area contributed by atoms with Gasteiger partial charge in [0.1, 0.15) is 5.76 Å². The summed E-state index contributed by atoms with van der Waals surface area (Å²) in [4.78, 5) is 22.3. The number of aliphatic hydroxyl groups is 1. The molecule has 0 atom stereocenters. The van der Waals surface area contributed by atoms with Crippen LogP contribution < -0.4 is 0 Å². The van der Waals surface area contributed by atoms with Crippen molar-refractivity contribution in [2.75, 3.05) is 6.61 Å². The van der Waals surface area contributed by atoms with Crippen molar-refractivity contribution >= 4 is 17.5 Å². The summed E-state index contributed by atoms with van der Waals surface area (Å²) < 4.78 is 4.52. The van der Waals surface area contributed by atoms with Gasteiger partial charge in [-0.05, 0) is 13.8 Å². The van der Waals surface area contributed by atoms with Crippen molar-refractivity contribution in [3.8, 4) is 0 Å². The van der Waals surface area contributed by atoms with Gasteiger partial charge >= 0.3 is 5.97 Å². The lowest BCUT2D eigenvalue weighted by atomic mass is 10.1. The Balaban J connectivity index is 0.00000154. The van der Waals surface area contributed by atoms with Crippen LogP contribution in [0.25, 0.3) is 5.76 Å². The van der Waals surface area contributed by atoms with Crippen LogP contribution >= 0.6 is 0 Å². The van der Waals surface area contributed by atoms with Crippen molar-refractivity contribution in [2.24, 2.45) is 0 Å². The van der Waals surface area contributed by atoms with Crippen molar-refractivity contribution < 1.29 is 19.4 Å². The number of aryl methyl sites for hydroxylation is 1. The van der Waals surface area contributed by atoms with Crippen molar-refractivity contribution in [1.82, 2.24) is 0 Å². The zero-order valence-corrected chi connectivity index (χ0v) is 11.2. The summed E-state index contributed by atoms with van der Waals surface area (Å²) in [6.07, 6.45) is 0.864. The fraction of sp³-hybridized carbons (Fsp3) is 0.200. The second-order valence-corrected chi connectivity index (χ2v) is 3.48. The number of hydrogen-bond donors (Lipinski definition) is 1. The summed E-state index contributed by atoms with van der Waals surface area (Å²) in [6, 6.07) is 6.93. The smallest absolute Gasteiger partial charge is 0.379 e. The van der Waals surface area contributed by atoms with E-state index in [1.807, 2.05) is 6.92 Å². The summed E-state index contributed by atoms with van der Waals surface area (Å²) in [5, 5.41) is 9.63. The first-order valence-corrected chi connectivity index (χ1v) is 5.73. The fourth-order valence-electron chi connectivity index (χ4n) is 1.19. The zero-order chi connectivity index (χ0) is 14.8. The molecule has 0 saturated carbocycles. The Morgan fingerprint density at radius 3 is 2.26 bits per heavy atom. The monoisotopic (exact) mass is 262 g/mol. The van der Waals surface area contributed by atoms with Gasteiger partial charge in [-0.1, -0.05) is 29.8 Å². The second kappa shape index (κ2) is 8.69. The third-order valence-electron chi connectivity index (χ3n) is 2.09. The Kier molecular flexibility index (Phi) is 7.61. The molecule has 19 heavy (non-hydrogen) atoms. The van der Waals surface area contributed by atoms with Crippen LogP contribution in [0.15, 0.2) is 43.5 Å². The standard InChI is InChI=1S/C13H14O4.C2H4/c1-3-17-13(16)12(15)8-11(14)10-6-4-9(2)5-7-10;1-2/h4-8,14H,3H2,1-2H3;1-2H2/b11-8-;. The van der Waals surface area contributed by atoms with Crippen LogP contribution in [-0.4, -0.2) is 23.5 Å². The molecule has 0 aromatic heterocycles. The molecular weight excluding hydrogens is 244 g/mol. The fourth-order valence-corrected chi connectivity index (χ4v) is 1.19. The molecule has 0 fully saturated rings. The van der Waals surface area contributed by atoms with E-state index in [1.54, 1.807) is 31.2 Å². The van der Waals surface area contributed by atoms with Gasteiger partial charge in [0.2, 0.25) is 0 Å². The van der Waals surface area contributed by atoms with Gasteiger partial charge in [-0.3, -0.25) is 4.79 Å². The van der Waals surface area contributed by atoms with Gasteiger partial charge in [0, 0.05) is 11.6 Å². The van der Waals surface area contributed by atoms with Gasteiger partial charge in [0.25, 0.3) is 5.78 Å². The molecule has 0 aliphatic rings. The van der Waals surface area contributed by atoms with Crippen molar-refractivity contribution in [3.63, 3.8) is 0 Å². The van der Waals surface area contributed by atoms with Crippen LogP contribution in [0.2, 0.25) is 0 Å². The average Bonchev–Trinajstić information content (AvgIpc) is 2.42. The first kappa shape index (κ1) is 16.6. The number of esters is 1. The van der Waals surface area contributed by atoms with Crippen molar-refractivity contribution in [3.05, 3.63) is 54.6 Å². The molecule has 0 aliphatic heterocycles. The summed E-state index contributed by atoms with van der Waals surface area (Å²) in [5.74, 6) is -2.08. The lowest BCUT2D eigenvalue weighted by Crippen LogP contribution is -2.15. The Morgan fingerprint density at radius 1 is 1.26 bits per heavy atom. The molecule has 0 bridgehead atoms. The molecule has 0 spiro atoms. The van der Waals surface area contributed by atoms with Crippen molar-refractivity contribution in [2.45, 2.75) is 13.8 Å². The molecule has 0 radical (unpaired) electrons. The van der Waals surface area contributed by atoms with Crippen molar-refractivity contribution in [1.29, 1.82) is 0 Å². The number of ketones is 1. The van der Waals surface area contributed by atoms with Crippen LogP contribution in [0.1, 0.15) is 18.1 Å². The highest BCUT2D eigenvalue weighted by atomic mass is 16.5. The molecule has 1 aromatic carbocycles. The predicted molar refractivity (Wildman–Crippen MR) is 74.7 cm³/mol. The van der Waals surface area contributed by atoms with E-state index in [4.69, 9.17) is 0 Å². The molecule has 0 saturated heterocycles. The first-order chi connectivity index (χ1) is 9.04. The number of carbonyl (C=O) groups excluding carboxylic acids is 2. The minimum Gasteiger partial charge on any atom is -0.507 e. The van der Waals surface area contributed by atoms with E-state index in [0.29, 0.717) is 5.56 Å². The Morgan fingerprint density at radius 2 is 1.79 bits per heavy atom. The molecule has 1 aromatic rings. The molecule has 1 N–H and O–H groups in total. The van der Waals surface area contributed by atoms with Crippen LogP contribution in [0, 0.1) is 6.92 Å². The van der Waals surface area contributed by atoms with Gasteiger partial charge in [-0.15, -0.1) is 13.2 Å². The lowest BCUT2D eigenvalue weighted by molar-refractivity contribution is -0.151. The van der Waals surface area contributed by atoms with Crippen LogP contribution in [-0.2, 0) is 14.3 Å². The molecule has 0 heterocycles. The number of ether oxygens (including phenoxy) is 1. The summed E-state index contributed by atoms with van der Waals surface area (Å²) in [7, 11) is 0. The molecule has 4 nitrogen and oxygen atoms in total. The van der Waals surface area contributed by atoms with E-state index in [9.17, 15) is 14.7 Å². The van der Waals surface area contributed by atoms with Gasteiger partial charge in [-0.25, -0.2) is 4.79 Å². The van der Waals surface area contributed by atoms with Crippen LogP contribution in [0.3, 0.4) is 0 Å². The number of carbonyl (C=O) groups is 2. The number of rotatable bonds is 4. The van der Waals surface area contributed by atoms with Crippen LogP contribution in [0.5, 0.6) is 0 Å². The Hall–Kier alpha value is -2.36. The van der Waals surface area contributed by atoms with Gasteiger partial charge in [0.05, 0.1) is 6.61 Å². The Labute approximate surface area is 113 Å². The number of benzene rings is 1. The van der Waals surface area contributed by atoms with E-state index in [2.05, 4.69) is 17.9 Å². The largest absolute Gasteiger partial charge is 0.507 e. The third-order valence-corrected chi connectivity index (χ3v) is 2.09. The van der Waals surface area contributed by atoms with E-state index in [0.717, 1.165) is 11.6 Å². The summed E-state index contributed by atoms with van der Waals surface area (Å²) in [5.41, 5.74) is 1.52. The summed E-state index contributed by atoms with van der Waals surface area (Å²) in [6.45, 7) is 9.65. The van der Waals surface area contributed by atoms with Gasteiger partial charge < -0.3 is 9.84 Å². The molecule has 4 heteroatoms. The second-order valence-electron chi connectivity index (χ2n) is 3.48. The van der Waals surface area contributed by atoms with E-state index < -0.39 is 11.8 Å². The molecule has 1 rings (SSSR count). The zero-order valence-electron chi connectivity index (χ0n) is 11.2. The quantitative estimate of drug-likeness (QED) is 0.298. The maximum absolute atomic E-state index is 11.3. The van der Waals surface area contributed by atoms with Gasteiger partial charge in [0.15, 0.2) is 0 Å². The lowest BCUT2D eigenvalue weighted by Gasteiger charge is -2.01. The van der Waals surface area contributed by atoms with E-state index in [1.165, 1.54) is 0 Å². The van der Waals surface area contributed by atoms with E-state index in [-0.39, 0.29) is 12.4 Å². The van der Waals surface area contributed by atoms with Gasteiger partial charge in [-0.2, -0.15) is 0 Å². The maximum Gasteiger partial charge on any atom is 0.379 e. The van der Waals surface area contributed by atoms with E-state index >= 15 is 0 Å². The minimum absolute atomic E-state index is 0.129. The molecule has 102 valence electrons. The molecule has 0 amide bonds. The normalized spacial score (nSPS) is 10.1. The SMILES string of the molecule is C=C.CCOC(=O)C(=O)/C=C(\O)c1ccc(C)cc1. The average molecular weight is 262 g/mol. The molecule has 0 unspecified atom stereocenters. The predicted octanol–water partition coefficient (Wildman–Crippen LogP) is 2.83. The Bertz CT molecular complexity index is 458. The topological polar surface area (TPSA) is 63.6 Å².